The molecule has 0 aliphatic carbocycles. The molecule has 0 spiro atoms. The number of nitrogens with one attached hydrogen (secondary N) is 2. The molecule has 0 saturated heterocycles. The summed E-state index contributed by atoms with van der Waals surface area (Å²) in [5, 5.41) is 40.8. The molecule has 19 heavy (non-hydrogen) atoms. The van der Waals surface area contributed by atoms with Gasteiger partial charge in [0.15, 0.2) is 5.82 Å². The van der Waals surface area contributed by atoms with Gasteiger partial charge in [-0.05, 0) is 38.5 Å². The standard InChI is InChI=1S/C12H24N4O3/c17-7-1-4-12(5-2-8-18,6-3-9-19)14-11-10-13-16-15-11/h10,17-19H,1-9H2,(H2,13,14,15,16). The van der Waals surface area contributed by atoms with Crippen molar-refractivity contribution in [1.82, 2.24) is 15.4 Å². The average molecular weight is 272 g/mol. The van der Waals surface area contributed by atoms with Crippen molar-refractivity contribution in [1.29, 1.82) is 0 Å². The first-order valence-corrected chi connectivity index (χ1v) is 6.73. The second kappa shape index (κ2) is 8.84. The number of hydrogen-bond acceptors (Lipinski definition) is 6. The average Bonchev–Trinajstić information content (AvgIpc) is 2.93. The maximum atomic E-state index is 9.05. The van der Waals surface area contributed by atoms with Crippen molar-refractivity contribution in [2.75, 3.05) is 25.1 Å². The van der Waals surface area contributed by atoms with Gasteiger partial charge in [-0.25, -0.2) is 0 Å². The highest BCUT2D eigenvalue weighted by Gasteiger charge is 2.29. The van der Waals surface area contributed by atoms with Crippen LogP contribution in [0.25, 0.3) is 0 Å². The van der Waals surface area contributed by atoms with Gasteiger partial charge in [0.1, 0.15) is 0 Å². The zero-order valence-electron chi connectivity index (χ0n) is 11.2. The highest BCUT2D eigenvalue weighted by atomic mass is 16.3. The van der Waals surface area contributed by atoms with Crippen molar-refractivity contribution in [3.8, 4) is 0 Å². The molecule has 5 N–H and O–H groups in total. The minimum atomic E-state index is -0.273. The van der Waals surface area contributed by atoms with E-state index >= 15 is 0 Å². The van der Waals surface area contributed by atoms with Crippen LogP contribution in [-0.4, -0.2) is 56.1 Å². The topological polar surface area (TPSA) is 114 Å². The molecule has 0 fully saturated rings. The van der Waals surface area contributed by atoms with E-state index in [1.54, 1.807) is 6.20 Å². The lowest BCUT2D eigenvalue weighted by Crippen LogP contribution is -2.39. The van der Waals surface area contributed by atoms with Crippen LogP contribution in [0.2, 0.25) is 0 Å². The van der Waals surface area contributed by atoms with Crippen molar-refractivity contribution in [2.45, 2.75) is 44.1 Å². The van der Waals surface area contributed by atoms with Crippen LogP contribution in [0.4, 0.5) is 5.82 Å². The summed E-state index contributed by atoms with van der Waals surface area (Å²) < 4.78 is 0. The summed E-state index contributed by atoms with van der Waals surface area (Å²) in [6.45, 7) is 0.376. The molecule has 0 saturated carbocycles. The van der Waals surface area contributed by atoms with E-state index in [9.17, 15) is 0 Å². The fourth-order valence-electron chi connectivity index (χ4n) is 2.35. The summed E-state index contributed by atoms with van der Waals surface area (Å²) in [5.74, 6) is 0.647. The third-order valence-electron chi connectivity index (χ3n) is 3.25. The number of rotatable bonds is 11. The van der Waals surface area contributed by atoms with Crippen LogP contribution in [0.5, 0.6) is 0 Å². The van der Waals surface area contributed by atoms with Gasteiger partial charge in [-0.2, -0.15) is 10.3 Å². The van der Waals surface area contributed by atoms with Gasteiger partial charge < -0.3 is 20.6 Å². The highest BCUT2D eigenvalue weighted by molar-refractivity contribution is 5.33. The maximum Gasteiger partial charge on any atom is 0.168 e. The van der Waals surface area contributed by atoms with E-state index in [2.05, 4.69) is 20.7 Å². The molecule has 0 radical (unpaired) electrons. The zero-order chi connectivity index (χ0) is 14.0. The Balaban J connectivity index is 2.74. The predicted octanol–water partition coefficient (Wildman–Crippen LogP) is 0.273. The van der Waals surface area contributed by atoms with Gasteiger partial charge in [-0.15, -0.1) is 5.10 Å². The van der Waals surface area contributed by atoms with Crippen molar-refractivity contribution < 1.29 is 15.3 Å². The quantitative estimate of drug-likeness (QED) is 0.395. The summed E-state index contributed by atoms with van der Waals surface area (Å²) in [6.07, 6.45) is 5.89. The molecular formula is C12H24N4O3. The van der Waals surface area contributed by atoms with Crippen molar-refractivity contribution in [3.63, 3.8) is 0 Å². The van der Waals surface area contributed by atoms with Crippen LogP contribution in [0, 0.1) is 0 Å². The fraction of sp³-hybridized carbons (Fsp3) is 0.833. The van der Waals surface area contributed by atoms with Crippen LogP contribution in [0.1, 0.15) is 38.5 Å². The van der Waals surface area contributed by atoms with E-state index < -0.39 is 0 Å². The molecule has 1 aromatic rings. The monoisotopic (exact) mass is 272 g/mol. The van der Waals surface area contributed by atoms with Gasteiger partial charge in [0.05, 0.1) is 6.20 Å². The first-order chi connectivity index (χ1) is 9.26. The van der Waals surface area contributed by atoms with Crippen LogP contribution in [-0.2, 0) is 0 Å². The van der Waals surface area contributed by atoms with E-state index in [0.717, 1.165) is 19.3 Å². The van der Waals surface area contributed by atoms with Crippen molar-refractivity contribution in [2.24, 2.45) is 0 Å². The van der Waals surface area contributed by atoms with Gasteiger partial charge in [0.2, 0.25) is 0 Å². The summed E-state index contributed by atoms with van der Waals surface area (Å²) in [6, 6.07) is 0. The number of aromatic amines is 1. The number of anilines is 1. The minimum absolute atomic E-state index is 0.125. The Morgan fingerprint density at radius 1 is 1.00 bits per heavy atom. The van der Waals surface area contributed by atoms with E-state index in [-0.39, 0.29) is 25.4 Å². The lowest BCUT2D eigenvalue weighted by Gasteiger charge is -2.35. The van der Waals surface area contributed by atoms with E-state index in [0.29, 0.717) is 25.1 Å². The molecule has 1 aromatic heterocycles. The number of aliphatic hydroxyl groups is 3. The molecular weight excluding hydrogens is 248 g/mol. The number of aliphatic hydroxyl groups excluding tert-OH is 3. The number of H-pyrrole nitrogens is 1. The van der Waals surface area contributed by atoms with Crippen LogP contribution >= 0.6 is 0 Å². The molecule has 0 amide bonds. The Kier molecular flexibility index (Phi) is 7.39. The Bertz CT molecular complexity index is 297. The largest absolute Gasteiger partial charge is 0.396 e. The van der Waals surface area contributed by atoms with Gasteiger partial charge >= 0.3 is 0 Å². The first-order valence-electron chi connectivity index (χ1n) is 6.73. The fourth-order valence-corrected chi connectivity index (χ4v) is 2.35. The third-order valence-corrected chi connectivity index (χ3v) is 3.25. The molecule has 0 bridgehead atoms. The van der Waals surface area contributed by atoms with Crippen LogP contribution in [0.15, 0.2) is 6.20 Å². The molecule has 1 rings (SSSR count). The highest BCUT2D eigenvalue weighted by Crippen LogP contribution is 2.29. The van der Waals surface area contributed by atoms with Gasteiger partial charge in [0, 0.05) is 25.4 Å². The van der Waals surface area contributed by atoms with Crippen LogP contribution in [0.3, 0.4) is 0 Å². The van der Waals surface area contributed by atoms with E-state index in [1.165, 1.54) is 0 Å². The zero-order valence-corrected chi connectivity index (χ0v) is 11.2. The van der Waals surface area contributed by atoms with Crippen molar-refractivity contribution in [3.05, 3.63) is 6.20 Å². The second-order valence-electron chi connectivity index (χ2n) is 4.74. The molecule has 0 unspecified atom stereocenters. The van der Waals surface area contributed by atoms with Crippen LogP contribution < -0.4 is 5.32 Å². The molecule has 7 heteroatoms. The van der Waals surface area contributed by atoms with Gasteiger partial charge in [-0.1, -0.05) is 0 Å². The van der Waals surface area contributed by atoms with Gasteiger partial charge in [0.25, 0.3) is 0 Å². The summed E-state index contributed by atoms with van der Waals surface area (Å²) in [7, 11) is 0. The molecule has 0 aliphatic rings. The molecule has 0 atom stereocenters. The number of nitrogens with zero attached hydrogens (tertiary/aromatic N) is 2. The maximum absolute atomic E-state index is 9.05. The number of aromatic nitrogens is 3. The smallest absolute Gasteiger partial charge is 0.168 e. The normalized spacial score (nSPS) is 11.7. The lowest BCUT2D eigenvalue weighted by atomic mass is 9.84. The molecule has 0 aromatic carbocycles. The third kappa shape index (κ3) is 5.54. The summed E-state index contributed by atoms with van der Waals surface area (Å²) >= 11 is 0. The van der Waals surface area contributed by atoms with E-state index in [1.807, 2.05) is 0 Å². The summed E-state index contributed by atoms with van der Waals surface area (Å²) in [4.78, 5) is 0. The number of hydrogen-bond donors (Lipinski definition) is 5. The lowest BCUT2D eigenvalue weighted by molar-refractivity contribution is 0.218. The van der Waals surface area contributed by atoms with E-state index in [4.69, 9.17) is 15.3 Å². The Labute approximate surface area is 113 Å². The Morgan fingerprint density at radius 2 is 1.53 bits per heavy atom. The van der Waals surface area contributed by atoms with Crippen molar-refractivity contribution >= 4 is 5.82 Å². The second-order valence-corrected chi connectivity index (χ2v) is 4.74. The Hall–Kier alpha value is -1.18. The molecule has 0 aliphatic heterocycles. The Morgan fingerprint density at radius 3 is 1.89 bits per heavy atom. The first kappa shape index (κ1) is 15.9. The molecule has 1 heterocycles. The summed E-state index contributed by atoms with van der Waals surface area (Å²) in [5.41, 5.74) is -0.273. The van der Waals surface area contributed by atoms with Gasteiger partial charge in [-0.3, -0.25) is 0 Å². The SMILES string of the molecule is OCCCC(CCCO)(CCCO)Nc1cn[nH]n1. The molecule has 110 valence electrons. The minimum Gasteiger partial charge on any atom is -0.396 e. The predicted molar refractivity (Wildman–Crippen MR) is 71.7 cm³/mol. The molecule has 7 nitrogen and oxygen atoms in total.